The molecule has 0 bridgehead atoms. The summed E-state index contributed by atoms with van der Waals surface area (Å²) in [5.41, 5.74) is 1.40. The van der Waals surface area contributed by atoms with Crippen molar-refractivity contribution < 1.29 is 9.53 Å². The van der Waals surface area contributed by atoms with E-state index < -0.39 is 0 Å². The largest absolute Gasteiger partial charge is 0.461 e. The van der Waals surface area contributed by atoms with Crippen LogP contribution < -0.4 is 0 Å². The minimum Gasteiger partial charge on any atom is -0.461 e. The van der Waals surface area contributed by atoms with Gasteiger partial charge in [-0.25, -0.2) is 0 Å². The second kappa shape index (κ2) is 2.47. The summed E-state index contributed by atoms with van der Waals surface area (Å²) in [5.74, 6) is 0.366. The Balaban J connectivity index is 2.24. The van der Waals surface area contributed by atoms with Crippen LogP contribution in [0.25, 0.3) is 0 Å². The molecule has 1 fully saturated rings. The lowest BCUT2D eigenvalue weighted by molar-refractivity contribution is -0.141. The SMILES string of the molecule is CC1=C(I)[C@H]2CC(=O)O[C@H]2C1. The first kappa shape index (κ1) is 7.58. The summed E-state index contributed by atoms with van der Waals surface area (Å²) in [6.45, 7) is 2.12. The molecule has 60 valence electrons. The Morgan fingerprint density at radius 1 is 1.55 bits per heavy atom. The van der Waals surface area contributed by atoms with Gasteiger partial charge < -0.3 is 4.74 Å². The average Bonchev–Trinajstić information content (AvgIpc) is 2.37. The van der Waals surface area contributed by atoms with Gasteiger partial charge in [-0.15, -0.1) is 0 Å². The second-order valence-corrected chi connectivity index (χ2v) is 4.33. The lowest BCUT2D eigenvalue weighted by atomic mass is 10.1. The zero-order valence-corrected chi connectivity index (χ0v) is 8.42. The molecule has 0 unspecified atom stereocenters. The van der Waals surface area contributed by atoms with Crippen LogP contribution in [0.4, 0.5) is 0 Å². The number of hydrogen-bond donors (Lipinski definition) is 0. The third-order valence-electron chi connectivity index (χ3n) is 2.36. The molecule has 2 rings (SSSR count). The molecule has 3 heteroatoms. The molecule has 0 radical (unpaired) electrons. The summed E-state index contributed by atoms with van der Waals surface area (Å²) in [4.78, 5) is 10.9. The molecule has 1 saturated heterocycles. The maximum atomic E-state index is 10.9. The van der Waals surface area contributed by atoms with Crippen molar-refractivity contribution in [3.05, 3.63) is 9.15 Å². The Hall–Kier alpha value is -0.0600. The summed E-state index contributed by atoms with van der Waals surface area (Å²) in [6, 6.07) is 0. The third kappa shape index (κ3) is 1.09. The molecular formula is C8H9IO2. The fourth-order valence-corrected chi connectivity index (χ4v) is 2.60. The van der Waals surface area contributed by atoms with Crippen molar-refractivity contribution in [2.24, 2.45) is 5.92 Å². The first-order valence-electron chi connectivity index (χ1n) is 3.73. The van der Waals surface area contributed by atoms with E-state index in [9.17, 15) is 4.79 Å². The van der Waals surface area contributed by atoms with Gasteiger partial charge in [-0.1, -0.05) is 5.57 Å². The average molecular weight is 264 g/mol. The molecule has 0 aromatic carbocycles. The van der Waals surface area contributed by atoms with Gasteiger partial charge in [-0.3, -0.25) is 4.79 Å². The Morgan fingerprint density at radius 3 is 2.91 bits per heavy atom. The summed E-state index contributed by atoms with van der Waals surface area (Å²) in [6.07, 6.45) is 1.73. The van der Waals surface area contributed by atoms with Crippen LogP contribution in [-0.2, 0) is 9.53 Å². The van der Waals surface area contributed by atoms with Crippen molar-refractivity contribution in [1.82, 2.24) is 0 Å². The highest BCUT2D eigenvalue weighted by Gasteiger charge is 2.41. The lowest BCUT2D eigenvalue weighted by Crippen LogP contribution is -2.09. The van der Waals surface area contributed by atoms with Crippen LogP contribution in [0.2, 0.25) is 0 Å². The highest BCUT2D eigenvalue weighted by molar-refractivity contribution is 14.1. The molecule has 2 nitrogen and oxygen atoms in total. The number of carbonyl (C=O) groups is 1. The van der Waals surface area contributed by atoms with Gasteiger partial charge >= 0.3 is 5.97 Å². The van der Waals surface area contributed by atoms with Gasteiger partial charge in [0.2, 0.25) is 0 Å². The Kier molecular flexibility index (Phi) is 1.70. The molecule has 2 aliphatic rings. The number of hydrogen-bond acceptors (Lipinski definition) is 2. The van der Waals surface area contributed by atoms with Crippen LogP contribution in [0.3, 0.4) is 0 Å². The first-order valence-corrected chi connectivity index (χ1v) is 4.81. The van der Waals surface area contributed by atoms with E-state index in [-0.39, 0.29) is 12.1 Å². The van der Waals surface area contributed by atoms with Gasteiger partial charge in [0.1, 0.15) is 6.10 Å². The van der Waals surface area contributed by atoms with Crippen molar-refractivity contribution in [2.45, 2.75) is 25.9 Å². The van der Waals surface area contributed by atoms with E-state index in [1.54, 1.807) is 0 Å². The van der Waals surface area contributed by atoms with Crippen LogP contribution in [0.5, 0.6) is 0 Å². The molecule has 0 spiro atoms. The van der Waals surface area contributed by atoms with Gasteiger partial charge in [0.25, 0.3) is 0 Å². The Bertz CT molecular complexity index is 244. The maximum absolute atomic E-state index is 10.9. The first-order chi connectivity index (χ1) is 5.18. The maximum Gasteiger partial charge on any atom is 0.306 e. The third-order valence-corrected chi connectivity index (χ3v) is 4.08. The van der Waals surface area contributed by atoms with Gasteiger partial charge in [-0.2, -0.15) is 0 Å². The standard InChI is InChI=1S/C8H9IO2/c1-4-2-6-5(8(4)9)3-7(10)11-6/h5-6H,2-3H2,1H3/t5-,6-/m0/s1. The van der Waals surface area contributed by atoms with Crippen LogP contribution in [0, 0.1) is 5.92 Å². The molecule has 1 aliphatic heterocycles. The summed E-state index contributed by atoms with van der Waals surface area (Å²) in [5, 5.41) is 0. The van der Waals surface area contributed by atoms with E-state index in [0.29, 0.717) is 12.3 Å². The molecule has 0 N–H and O–H groups in total. The summed E-state index contributed by atoms with van der Waals surface area (Å²) >= 11 is 2.33. The molecule has 1 aliphatic carbocycles. The molecule has 11 heavy (non-hydrogen) atoms. The molecule has 0 aromatic heterocycles. The zero-order valence-electron chi connectivity index (χ0n) is 6.26. The van der Waals surface area contributed by atoms with Crippen molar-refractivity contribution in [1.29, 1.82) is 0 Å². The van der Waals surface area contributed by atoms with Crippen LogP contribution in [0.15, 0.2) is 9.15 Å². The normalized spacial score (nSPS) is 36.0. The number of fused-ring (bicyclic) bond motifs is 1. The molecule has 2 atom stereocenters. The van der Waals surface area contributed by atoms with Crippen LogP contribution in [-0.4, -0.2) is 12.1 Å². The monoisotopic (exact) mass is 264 g/mol. The minimum absolute atomic E-state index is 0.0262. The second-order valence-electron chi connectivity index (χ2n) is 3.17. The fraction of sp³-hybridized carbons (Fsp3) is 0.625. The van der Waals surface area contributed by atoms with Crippen LogP contribution >= 0.6 is 22.6 Å². The zero-order chi connectivity index (χ0) is 8.01. The smallest absolute Gasteiger partial charge is 0.306 e. The Labute approximate surface area is 79.1 Å². The van der Waals surface area contributed by atoms with Crippen molar-refractivity contribution in [3.63, 3.8) is 0 Å². The van der Waals surface area contributed by atoms with Crippen LogP contribution in [0.1, 0.15) is 19.8 Å². The van der Waals surface area contributed by atoms with Crippen molar-refractivity contribution in [2.75, 3.05) is 0 Å². The van der Waals surface area contributed by atoms with E-state index in [1.165, 1.54) is 9.15 Å². The van der Waals surface area contributed by atoms with E-state index >= 15 is 0 Å². The van der Waals surface area contributed by atoms with E-state index in [2.05, 4.69) is 29.5 Å². The van der Waals surface area contributed by atoms with Gasteiger partial charge in [0.05, 0.1) is 6.42 Å². The predicted molar refractivity (Wildman–Crippen MR) is 49.3 cm³/mol. The molecule has 0 amide bonds. The van der Waals surface area contributed by atoms with E-state index in [1.807, 2.05) is 0 Å². The lowest BCUT2D eigenvalue weighted by Gasteiger charge is -2.06. The number of esters is 1. The molecular weight excluding hydrogens is 255 g/mol. The minimum atomic E-state index is -0.0262. The van der Waals surface area contributed by atoms with Crippen molar-refractivity contribution in [3.8, 4) is 0 Å². The van der Waals surface area contributed by atoms with Crippen molar-refractivity contribution >= 4 is 28.6 Å². The summed E-state index contributed by atoms with van der Waals surface area (Å²) < 4.78 is 6.49. The Morgan fingerprint density at radius 2 is 2.27 bits per heavy atom. The highest BCUT2D eigenvalue weighted by atomic mass is 127. The molecule has 1 heterocycles. The number of carbonyl (C=O) groups excluding carboxylic acids is 1. The number of rotatable bonds is 0. The predicted octanol–water partition coefficient (Wildman–Crippen LogP) is 2.03. The molecule has 0 aromatic rings. The molecule has 0 saturated carbocycles. The summed E-state index contributed by atoms with van der Waals surface area (Å²) in [7, 11) is 0. The van der Waals surface area contributed by atoms with E-state index in [0.717, 1.165) is 6.42 Å². The number of halogens is 1. The topological polar surface area (TPSA) is 26.3 Å². The van der Waals surface area contributed by atoms with Gasteiger partial charge in [0, 0.05) is 12.3 Å². The quantitative estimate of drug-likeness (QED) is 0.494. The van der Waals surface area contributed by atoms with Gasteiger partial charge in [0.15, 0.2) is 0 Å². The highest BCUT2D eigenvalue weighted by Crippen LogP contribution is 2.43. The number of ether oxygens (including phenoxy) is 1. The van der Waals surface area contributed by atoms with Gasteiger partial charge in [-0.05, 0) is 33.1 Å². The van der Waals surface area contributed by atoms with E-state index in [4.69, 9.17) is 4.74 Å². The fourth-order valence-electron chi connectivity index (χ4n) is 1.76.